The summed E-state index contributed by atoms with van der Waals surface area (Å²) in [6.07, 6.45) is 3.10. The maximum absolute atomic E-state index is 12.1. The van der Waals surface area contributed by atoms with Crippen molar-refractivity contribution in [1.29, 1.82) is 0 Å². The van der Waals surface area contributed by atoms with Gasteiger partial charge in [-0.05, 0) is 50.1 Å². The molecule has 0 radical (unpaired) electrons. The number of aromatic amines is 1. The number of H-pyrrole nitrogens is 1. The van der Waals surface area contributed by atoms with E-state index in [4.69, 9.17) is 9.15 Å². The zero-order valence-corrected chi connectivity index (χ0v) is 14.2. The minimum absolute atomic E-state index is 0.0349. The van der Waals surface area contributed by atoms with Gasteiger partial charge in [-0.2, -0.15) is 0 Å². The number of aromatic nitrogens is 2. The van der Waals surface area contributed by atoms with Gasteiger partial charge in [-0.1, -0.05) is 0 Å². The van der Waals surface area contributed by atoms with Crippen LogP contribution < -0.4 is 5.32 Å². The molecule has 3 heterocycles. The van der Waals surface area contributed by atoms with Crippen LogP contribution in [0.4, 0.5) is 5.69 Å². The first-order valence-corrected chi connectivity index (χ1v) is 8.64. The third kappa shape index (κ3) is 3.58. The van der Waals surface area contributed by atoms with Crippen LogP contribution in [0, 0.1) is 6.92 Å². The van der Waals surface area contributed by atoms with Crippen LogP contribution in [-0.2, 0) is 16.0 Å². The molecular weight excluding hydrogens is 318 g/mol. The van der Waals surface area contributed by atoms with E-state index in [2.05, 4.69) is 15.3 Å². The van der Waals surface area contributed by atoms with Crippen LogP contribution in [0.2, 0.25) is 0 Å². The molecule has 6 heteroatoms. The maximum Gasteiger partial charge on any atom is 0.224 e. The first-order chi connectivity index (χ1) is 12.2. The number of ether oxygens (including phenoxy) is 1. The molecule has 1 atom stereocenters. The van der Waals surface area contributed by atoms with Gasteiger partial charge in [0.15, 0.2) is 0 Å². The van der Waals surface area contributed by atoms with Crippen LogP contribution in [0.25, 0.3) is 11.0 Å². The molecule has 4 rings (SSSR count). The van der Waals surface area contributed by atoms with Crippen molar-refractivity contribution in [1.82, 2.24) is 9.97 Å². The maximum atomic E-state index is 12.1. The number of benzene rings is 1. The van der Waals surface area contributed by atoms with E-state index in [1.54, 1.807) is 0 Å². The molecule has 1 aliphatic heterocycles. The molecule has 6 nitrogen and oxygen atoms in total. The number of imidazole rings is 1. The largest absolute Gasteiger partial charge is 0.466 e. The highest BCUT2D eigenvalue weighted by Gasteiger charge is 2.21. The Morgan fingerprint density at radius 1 is 1.36 bits per heavy atom. The van der Waals surface area contributed by atoms with Gasteiger partial charge in [-0.25, -0.2) is 4.98 Å². The molecule has 0 unspecified atom stereocenters. The summed E-state index contributed by atoms with van der Waals surface area (Å²) < 4.78 is 11.2. The van der Waals surface area contributed by atoms with Gasteiger partial charge in [0.2, 0.25) is 5.91 Å². The van der Waals surface area contributed by atoms with Crippen molar-refractivity contribution < 1.29 is 13.9 Å². The summed E-state index contributed by atoms with van der Waals surface area (Å²) in [5, 5.41) is 2.93. The monoisotopic (exact) mass is 339 g/mol. The summed E-state index contributed by atoms with van der Waals surface area (Å²) in [7, 11) is 0. The van der Waals surface area contributed by atoms with Crippen molar-refractivity contribution in [3.8, 4) is 0 Å². The number of hydrogen-bond donors (Lipinski definition) is 2. The summed E-state index contributed by atoms with van der Waals surface area (Å²) in [4.78, 5) is 20.0. The van der Waals surface area contributed by atoms with E-state index in [1.165, 1.54) is 0 Å². The first kappa shape index (κ1) is 15.9. The van der Waals surface area contributed by atoms with Crippen LogP contribution in [0.1, 0.15) is 42.7 Å². The highest BCUT2D eigenvalue weighted by molar-refractivity contribution is 5.93. The Kier molecular flexibility index (Phi) is 4.28. The highest BCUT2D eigenvalue weighted by Crippen LogP contribution is 2.28. The summed E-state index contributed by atoms with van der Waals surface area (Å²) >= 11 is 0. The quantitative estimate of drug-likeness (QED) is 0.739. The van der Waals surface area contributed by atoms with Gasteiger partial charge in [0, 0.05) is 25.1 Å². The standard InChI is InChI=1S/C19H21N3O3/c1-12-4-6-14(25-12)7-9-18(23)20-13-5-8-15-16(11-13)22-19(21-15)17-3-2-10-24-17/h4-6,8,11,17H,2-3,7,9-10H2,1H3,(H,20,23)(H,21,22)/t17-/m1/s1. The Hall–Kier alpha value is -2.60. The van der Waals surface area contributed by atoms with Crippen LogP contribution in [0.5, 0.6) is 0 Å². The van der Waals surface area contributed by atoms with Gasteiger partial charge in [-0.15, -0.1) is 0 Å². The second-order valence-electron chi connectivity index (χ2n) is 6.42. The van der Waals surface area contributed by atoms with Gasteiger partial charge >= 0.3 is 0 Å². The van der Waals surface area contributed by atoms with E-state index in [1.807, 2.05) is 37.3 Å². The number of fused-ring (bicyclic) bond motifs is 1. The molecular formula is C19H21N3O3. The molecule has 1 fully saturated rings. The second-order valence-corrected chi connectivity index (χ2v) is 6.42. The molecule has 1 aliphatic rings. The normalized spacial score (nSPS) is 17.2. The molecule has 0 bridgehead atoms. The Bertz CT molecular complexity index is 890. The molecule has 1 amide bonds. The van der Waals surface area contributed by atoms with E-state index in [9.17, 15) is 4.79 Å². The van der Waals surface area contributed by atoms with E-state index >= 15 is 0 Å². The van der Waals surface area contributed by atoms with Crippen molar-refractivity contribution in [3.63, 3.8) is 0 Å². The number of nitrogens with one attached hydrogen (secondary N) is 2. The minimum Gasteiger partial charge on any atom is -0.466 e. The summed E-state index contributed by atoms with van der Waals surface area (Å²) in [6, 6.07) is 9.51. The Balaban J connectivity index is 1.41. The van der Waals surface area contributed by atoms with Crippen LogP contribution in [-0.4, -0.2) is 22.5 Å². The van der Waals surface area contributed by atoms with Gasteiger partial charge < -0.3 is 19.5 Å². The lowest BCUT2D eigenvalue weighted by Crippen LogP contribution is -2.12. The summed E-state index contributed by atoms with van der Waals surface area (Å²) in [6.45, 7) is 2.69. The number of rotatable bonds is 5. The Morgan fingerprint density at radius 2 is 2.28 bits per heavy atom. The van der Waals surface area contributed by atoms with Crippen molar-refractivity contribution in [2.45, 2.75) is 38.7 Å². The molecule has 0 aliphatic carbocycles. The molecule has 0 spiro atoms. The zero-order valence-electron chi connectivity index (χ0n) is 14.2. The minimum atomic E-state index is -0.0349. The van der Waals surface area contributed by atoms with Gasteiger partial charge in [0.1, 0.15) is 23.4 Å². The van der Waals surface area contributed by atoms with E-state index < -0.39 is 0 Å². The first-order valence-electron chi connectivity index (χ1n) is 8.64. The van der Waals surface area contributed by atoms with Crippen LogP contribution in [0.15, 0.2) is 34.7 Å². The van der Waals surface area contributed by atoms with Crippen molar-refractivity contribution >= 4 is 22.6 Å². The van der Waals surface area contributed by atoms with Crippen molar-refractivity contribution in [2.24, 2.45) is 0 Å². The topological polar surface area (TPSA) is 80.1 Å². The number of carbonyl (C=O) groups excluding carboxylic acids is 1. The number of hydrogen-bond acceptors (Lipinski definition) is 4. The van der Waals surface area contributed by atoms with Gasteiger partial charge in [0.05, 0.1) is 11.0 Å². The molecule has 2 N–H and O–H groups in total. The number of amides is 1. The number of anilines is 1. The fourth-order valence-electron chi connectivity index (χ4n) is 3.13. The lowest BCUT2D eigenvalue weighted by Gasteiger charge is -2.04. The molecule has 1 aromatic carbocycles. The molecule has 3 aromatic rings. The lowest BCUT2D eigenvalue weighted by atomic mass is 10.2. The van der Waals surface area contributed by atoms with Crippen LogP contribution >= 0.6 is 0 Å². The summed E-state index contributed by atoms with van der Waals surface area (Å²) in [5.41, 5.74) is 2.55. The number of furan rings is 1. The predicted octanol–water partition coefficient (Wildman–Crippen LogP) is 3.89. The second kappa shape index (κ2) is 6.72. The predicted molar refractivity (Wildman–Crippen MR) is 94.4 cm³/mol. The van der Waals surface area contributed by atoms with Crippen molar-refractivity contribution in [2.75, 3.05) is 11.9 Å². The fourth-order valence-corrected chi connectivity index (χ4v) is 3.13. The molecule has 0 saturated carbocycles. The summed E-state index contributed by atoms with van der Waals surface area (Å²) in [5.74, 6) is 2.52. The lowest BCUT2D eigenvalue weighted by molar-refractivity contribution is -0.116. The zero-order chi connectivity index (χ0) is 17.2. The number of carbonyl (C=O) groups is 1. The van der Waals surface area contributed by atoms with E-state index in [0.717, 1.165) is 53.5 Å². The molecule has 1 saturated heterocycles. The van der Waals surface area contributed by atoms with Gasteiger partial charge in [-0.3, -0.25) is 4.79 Å². The smallest absolute Gasteiger partial charge is 0.224 e. The number of aryl methyl sites for hydroxylation is 2. The highest BCUT2D eigenvalue weighted by atomic mass is 16.5. The van der Waals surface area contributed by atoms with Crippen molar-refractivity contribution in [3.05, 3.63) is 47.7 Å². The Labute approximate surface area is 145 Å². The van der Waals surface area contributed by atoms with E-state index in [-0.39, 0.29) is 12.0 Å². The SMILES string of the molecule is Cc1ccc(CCC(=O)Nc2ccc3nc([C@H]4CCCO4)[nH]c3c2)o1. The van der Waals surface area contributed by atoms with Crippen LogP contribution in [0.3, 0.4) is 0 Å². The average Bonchev–Trinajstić information content (AvgIpc) is 3.32. The molecule has 130 valence electrons. The molecule has 2 aromatic heterocycles. The van der Waals surface area contributed by atoms with E-state index in [0.29, 0.717) is 12.8 Å². The third-order valence-electron chi connectivity index (χ3n) is 4.41. The fraction of sp³-hybridized carbons (Fsp3) is 0.368. The average molecular weight is 339 g/mol. The Morgan fingerprint density at radius 3 is 3.04 bits per heavy atom. The third-order valence-corrected chi connectivity index (χ3v) is 4.41. The molecule has 25 heavy (non-hydrogen) atoms. The van der Waals surface area contributed by atoms with Gasteiger partial charge in [0.25, 0.3) is 0 Å². The number of nitrogens with zero attached hydrogens (tertiary/aromatic N) is 1.